The first kappa shape index (κ1) is 98.4. The van der Waals surface area contributed by atoms with Crippen LogP contribution in [0.1, 0.15) is 316 Å². The number of rotatable bonds is 75. The number of aliphatic hydroxyl groups excluding tert-OH is 2. The minimum atomic E-state index is -4.94. The molecule has 5 atom stereocenters. The molecule has 0 aromatic carbocycles. The van der Waals surface area contributed by atoms with Gasteiger partial charge in [-0.1, -0.05) is 301 Å². The molecule has 590 valence electrons. The van der Waals surface area contributed by atoms with Gasteiger partial charge in [0.05, 0.1) is 26.4 Å². The Morgan fingerprint density at radius 1 is 0.282 bits per heavy atom. The Hall–Kier alpha value is -4.57. The molecule has 0 aromatic heterocycles. The number of aliphatic hydroxyl groups is 2. The zero-order valence-electron chi connectivity index (χ0n) is 64.4. The van der Waals surface area contributed by atoms with Crippen LogP contribution in [0.3, 0.4) is 0 Å². The van der Waals surface area contributed by atoms with E-state index in [1.807, 2.05) is 0 Å². The molecule has 0 saturated heterocycles. The zero-order valence-corrected chi connectivity index (χ0v) is 66.2. The van der Waals surface area contributed by atoms with Crippen LogP contribution in [0.2, 0.25) is 0 Å². The molecule has 0 heterocycles. The van der Waals surface area contributed by atoms with Crippen molar-refractivity contribution >= 4 is 33.6 Å². The van der Waals surface area contributed by atoms with Gasteiger partial charge in [-0.2, -0.15) is 0 Å². The Balaban J connectivity index is 4.49. The van der Waals surface area contributed by atoms with Gasteiger partial charge in [0.25, 0.3) is 0 Å². The third-order valence-corrected chi connectivity index (χ3v) is 18.4. The van der Waals surface area contributed by atoms with Crippen molar-refractivity contribution in [1.82, 2.24) is 0 Å². The lowest BCUT2D eigenvalue weighted by Gasteiger charge is -2.21. The average molecular weight is 1480 g/mol. The van der Waals surface area contributed by atoms with E-state index in [9.17, 15) is 43.5 Å². The van der Waals surface area contributed by atoms with E-state index in [0.717, 1.165) is 154 Å². The lowest BCUT2D eigenvalue weighted by atomic mass is 10.0. The minimum absolute atomic E-state index is 0.0854. The molecule has 5 unspecified atom stereocenters. The molecule has 0 fully saturated rings. The largest absolute Gasteiger partial charge is 0.472 e. The number of unbranched alkanes of at least 4 members (excludes halogenated alkanes) is 28. The molecule has 0 aliphatic carbocycles. The quantitative estimate of drug-likeness (QED) is 0.0146. The lowest BCUT2D eigenvalue weighted by molar-refractivity contribution is -0.161. The maximum Gasteiger partial charge on any atom is 0.472 e. The number of carbonyl (C=O) groups excluding carboxylic acids is 3. The Kier molecular flexibility index (Phi) is 73.6. The average Bonchev–Trinajstić information content (AvgIpc) is 0.947. The number of phosphoric acid groups is 2. The highest BCUT2D eigenvalue weighted by Crippen LogP contribution is 2.45. The lowest BCUT2D eigenvalue weighted by Crippen LogP contribution is -2.30. The van der Waals surface area contributed by atoms with Gasteiger partial charge in [0.2, 0.25) is 0 Å². The Labute approximate surface area is 626 Å². The normalized spacial score (nSPS) is 14.7. The van der Waals surface area contributed by atoms with Crippen LogP contribution < -0.4 is 0 Å². The summed E-state index contributed by atoms with van der Waals surface area (Å²) in [6.07, 6.45) is 94.8. The summed E-state index contributed by atoms with van der Waals surface area (Å²) in [6, 6.07) is 0. The van der Waals surface area contributed by atoms with Crippen LogP contribution in [0.5, 0.6) is 0 Å². The molecule has 0 aliphatic rings. The number of esters is 3. The summed E-state index contributed by atoms with van der Waals surface area (Å²) in [4.78, 5) is 58.6. The van der Waals surface area contributed by atoms with Crippen LogP contribution in [0, 0.1) is 0 Å². The Bertz CT molecular complexity index is 2450. The van der Waals surface area contributed by atoms with Crippen molar-refractivity contribution < 1.29 is 75.8 Å². The molecular weight excluding hydrogens is 1340 g/mol. The molecule has 18 heteroatoms. The first-order valence-electron chi connectivity index (χ1n) is 40.1. The number of ether oxygens (including phenoxy) is 3. The number of phosphoric ester groups is 2. The van der Waals surface area contributed by atoms with Gasteiger partial charge in [0.1, 0.15) is 25.4 Å². The van der Waals surface area contributed by atoms with E-state index in [4.69, 9.17) is 32.3 Å². The van der Waals surface area contributed by atoms with E-state index in [0.29, 0.717) is 19.3 Å². The summed E-state index contributed by atoms with van der Waals surface area (Å²) >= 11 is 0. The summed E-state index contributed by atoms with van der Waals surface area (Å²) in [5.74, 6) is -1.61. The van der Waals surface area contributed by atoms with Crippen molar-refractivity contribution in [2.75, 3.05) is 39.6 Å². The summed E-state index contributed by atoms with van der Waals surface area (Å²) in [7, 11) is -9.80. The van der Waals surface area contributed by atoms with Gasteiger partial charge in [-0.3, -0.25) is 32.5 Å². The predicted octanol–water partition coefficient (Wildman–Crippen LogP) is 23.7. The van der Waals surface area contributed by atoms with Crippen LogP contribution in [0.15, 0.2) is 146 Å². The second-order valence-corrected chi connectivity index (χ2v) is 29.4. The first-order valence-corrected chi connectivity index (χ1v) is 43.1. The fourth-order valence-electron chi connectivity index (χ4n) is 10.5. The summed E-state index contributed by atoms with van der Waals surface area (Å²) < 4.78 is 61.1. The van der Waals surface area contributed by atoms with Crippen LogP contribution in [-0.4, -0.2) is 95.9 Å². The Morgan fingerprint density at radius 3 is 0.825 bits per heavy atom. The molecule has 0 bridgehead atoms. The predicted molar refractivity (Wildman–Crippen MR) is 426 cm³/mol. The van der Waals surface area contributed by atoms with E-state index < -0.39 is 91.5 Å². The highest BCUT2D eigenvalue weighted by molar-refractivity contribution is 7.47. The smallest absolute Gasteiger partial charge is 0.463 e. The molecular formula is C85H144O16P2. The number of hydrogen-bond donors (Lipinski definition) is 4. The highest BCUT2D eigenvalue weighted by Gasteiger charge is 2.29. The van der Waals surface area contributed by atoms with Crippen molar-refractivity contribution in [1.29, 1.82) is 0 Å². The standard InChI is InChI=1S/C85H144O16P2/c1-4-7-10-13-16-19-22-25-27-29-31-33-35-36-37-38-39-40-41-42-44-46-47-49-51-54-56-59-62-65-68-71-83(88)95-74-80(86)75-97-102(91,92)98-76-81(87)77-99-103(93,94)100-79-82(101-85(90)73-70-67-64-61-58-53-24-21-18-15-12-9-6-3)78-96-84(89)72-69-66-63-60-57-55-52-50-48-45-43-34-32-30-28-26-23-20-17-14-11-8-5-2/h7-8,10-11,16-17,19-21,24-28,31-34,36-37,45,48,52,55,80-82,86-87H,4-6,9,12-15,18,22-23,29-30,35,38-44,46-47,49-51,53-54,56-79H2,1-3H3,(H,91,92)(H,93,94)/b10-7-,11-8-,19-16-,20-17-,24-21-,27-25-,28-26-,33-31-,34-32-,37-36-,48-45-,55-52-. The van der Waals surface area contributed by atoms with Gasteiger partial charge in [0.15, 0.2) is 6.10 Å². The van der Waals surface area contributed by atoms with Crippen LogP contribution in [0.25, 0.3) is 0 Å². The monoisotopic (exact) mass is 1480 g/mol. The minimum Gasteiger partial charge on any atom is -0.463 e. The van der Waals surface area contributed by atoms with Gasteiger partial charge < -0.3 is 34.2 Å². The van der Waals surface area contributed by atoms with Gasteiger partial charge in [-0.15, -0.1) is 0 Å². The van der Waals surface area contributed by atoms with Crippen LogP contribution in [-0.2, 0) is 55.8 Å². The number of carbonyl (C=O) groups is 3. The second-order valence-electron chi connectivity index (χ2n) is 26.5. The zero-order chi connectivity index (χ0) is 75.2. The van der Waals surface area contributed by atoms with E-state index in [-0.39, 0.29) is 19.3 Å². The van der Waals surface area contributed by atoms with Crippen LogP contribution >= 0.6 is 15.6 Å². The molecule has 4 N–H and O–H groups in total. The van der Waals surface area contributed by atoms with Crippen molar-refractivity contribution in [2.45, 2.75) is 334 Å². The van der Waals surface area contributed by atoms with Crippen molar-refractivity contribution in [2.24, 2.45) is 0 Å². The van der Waals surface area contributed by atoms with Gasteiger partial charge in [0, 0.05) is 19.3 Å². The van der Waals surface area contributed by atoms with Gasteiger partial charge >= 0.3 is 33.6 Å². The topological polar surface area (TPSA) is 231 Å². The van der Waals surface area contributed by atoms with E-state index >= 15 is 0 Å². The summed E-state index contributed by atoms with van der Waals surface area (Å²) in [5.41, 5.74) is 0. The van der Waals surface area contributed by atoms with Crippen LogP contribution in [0.4, 0.5) is 0 Å². The van der Waals surface area contributed by atoms with Gasteiger partial charge in [-0.05, 0) is 141 Å². The highest BCUT2D eigenvalue weighted by atomic mass is 31.2. The molecule has 0 aromatic rings. The SMILES string of the molecule is CC/C=C\C/C=C\C/C=C\C/C=C\C/C=C\C/C=C\CCCCCCC(=O)OCC(COP(=O)(O)OCC(O)COP(=O)(O)OCC(O)COC(=O)CCCCCCCCCCCCCCCCC/C=C\C/C=C\C/C=C\C/C=C\C/C=C\CC)OC(=O)CCCCCCC/C=C\CCCCCC. The maximum absolute atomic E-state index is 12.9. The molecule has 0 amide bonds. The van der Waals surface area contributed by atoms with Crippen molar-refractivity contribution in [3.05, 3.63) is 146 Å². The van der Waals surface area contributed by atoms with E-state index in [1.165, 1.54) is 103 Å². The number of allylic oxidation sites excluding steroid dienone is 24. The molecule has 103 heavy (non-hydrogen) atoms. The van der Waals surface area contributed by atoms with Crippen molar-refractivity contribution in [3.8, 4) is 0 Å². The fraction of sp³-hybridized carbons (Fsp3) is 0.682. The molecule has 16 nitrogen and oxygen atoms in total. The third-order valence-electron chi connectivity index (χ3n) is 16.5. The van der Waals surface area contributed by atoms with E-state index in [1.54, 1.807) is 0 Å². The molecule has 0 saturated carbocycles. The van der Waals surface area contributed by atoms with Gasteiger partial charge in [-0.25, -0.2) is 9.13 Å². The summed E-state index contributed by atoms with van der Waals surface area (Å²) in [5, 5.41) is 20.6. The third kappa shape index (κ3) is 78.3. The Morgan fingerprint density at radius 2 is 0.515 bits per heavy atom. The second kappa shape index (κ2) is 77.1. The fourth-order valence-corrected chi connectivity index (χ4v) is 12.1. The number of hydrogen-bond acceptors (Lipinski definition) is 14. The molecule has 0 spiro atoms. The molecule has 0 radical (unpaired) electrons. The van der Waals surface area contributed by atoms with E-state index in [2.05, 4.69) is 167 Å². The first-order chi connectivity index (χ1) is 50.2. The maximum atomic E-state index is 12.9. The molecule has 0 aliphatic heterocycles. The molecule has 0 rings (SSSR count). The summed E-state index contributed by atoms with van der Waals surface area (Å²) in [6.45, 7) is 2.40. The van der Waals surface area contributed by atoms with Crippen molar-refractivity contribution in [3.63, 3.8) is 0 Å².